The summed E-state index contributed by atoms with van der Waals surface area (Å²) < 4.78 is 22.9. The Morgan fingerprint density at radius 3 is 1.17 bits per heavy atom. The molecule has 2 aliphatic rings. The van der Waals surface area contributed by atoms with Gasteiger partial charge in [-0.25, -0.2) is 0 Å². The van der Waals surface area contributed by atoms with Crippen molar-refractivity contribution in [3.63, 3.8) is 0 Å². The lowest BCUT2D eigenvalue weighted by atomic mass is 9.97. The molecule has 0 aliphatic carbocycles. The molecule has 1 amide bonds. The lowest BCUT2D eigenvalue weighted by Crippen LogP contribution is -2.65. The summed E-state index contributed by atoms with van der Waals surface area (Å²) in [6.45, 7) is 2.69. The first kappa shape index (κ1) is 86.7. The van der Waals surface area contributed by atoms with Crippen molar-refractivity contribution in [1.29, 1.82) is 0 Å². The molecule has 0 aromatic heterocycles. The predicted molar refractivity (Wildman–Crippen MR) is 387 cm³/mol. The van der Waals surface area contributed by atoms with Gasteiger partial charge in [-0.2, -0.15) is 0 Å². The molecule has 0 saturated carbocycles. The molecule has 0 aromatic carbocycles. The second kappa shape index (κ2) is 63.1. The second-order valence-electron chi connectivity index (χ2n) is 26.4. The number of amides is 1. The van der Waals surface area contributed by atoms with Crippen LogP contribution in [0.1, 0.15) is 296 Å². The van der Waals surface area contributed by atoms with E-state index in [1.165, 1.54) is 161 Å². The molecule has 14 nitrogen and oxygen atoms in total. The van der Waals surface area contributed by atoms with Crippen LogP contribution in [0.5, 0.6) is 0 Å². The van der Waals surface area contributed by atoms with Crippen LogP contribution in [0.15, 0.2) is 109 Å². The van der Waals surface area contributed by atoms with Crippen molar-refractivity contribution in [2.45, 2.75) is 370 Å². The topological polar surface area (TPSA) is 228 Å². The third-order valence-electron chi connectivity index (χ3n) is 17.9. The van der Waals surface area contributed by atoms with Gasteiger partial charge in [-0.3, -0.25) is 4.79 Å². The number of nitrogens with one attached hydrogen (secondary N) is 1. The number of carbonyl (C=O) groups is 1. The van der Waals surface area contributed by atoms with Crippen molar-refractivity contribution in [3.05, 3.63) is 109 Å². The first-order chi connectivity index (χ1) is 46.1. The number of carbonyl (C=O) groups excluding carboxylic acids is 1. The van der Waals surface area contributed by atoms with E-state index in [9.17, 15) is 45.6 Å². The Bertz CT molecular complexity index is 2000. The lowest BCUT2D eigenvalue weighted by Gasteiger charge is -2.46. The minimum Gasteiger partial charge on any atom is -0.394 e. The fourth-order valence-electron chi connectivity index (χ4n) is 11.9. The van der Waals surface area contributed by atoms with E-state index in [0.29, 0.717) is 12.8 Å². The van der Waals surface area contributed by atoms with E-state index < -0.39 is 86.8 Å². The van der Waals surface area contributed by atoms with E-state index in [0.717, 1.165) is 103 Å². The molecule has 9 N–H and O–H groups in total. The van der Waals surface area contributed by atoms with Gasteiger partial charge in [0.2, 0.25) is 5.91 Å². The third kappa shape index (κ3) is 46.0. The summed E-state index contributed by atoms with van der Waals surface area (Å²) in [5, 5.41) is 87.6. The summed E-state index contributed by atoms with van der Waals surface area (Å²) in [5.74, 6) is -0.262. The SMILES string of the molecule is CC/C=C\C/C=C\C/C=C\C/C=C\C/C=C\C/C=C\C/C=C\CCCCCCCCCC(=O)NC(COC1OC(CO)C(OC2OC(CO)C(O)C(O)C2O)C(O)C1O)C(O)/C=C/CC/C=C/CCCCCCCCCCCCCCCCCCCCCCCCCCC. The summed E-state index contributed by atoms with van der Waals surface area (Å²) in [4.78, 5) is 13.4. The third-order valence-corrected chi connectivity index (χ3v) is 17.9. The highest BCUT2D eigenvalue weighted by atomic mass is 16.7. The molecule has 542 valence electrons. The van der Waals surface area contributed by atoms with E-state index in [1.807, 2.05) is 6.08 Å². The van der Waals surface area contributed by atoms with Crippen molar-refractivity contribution < 1.29 is 64.6 Å². The smallest absolute Gasteiger partial charge is 0.220 e. The Labute approximate surface area is 572 Å². The van der Waals surface area contributed by atoms with E-state index in [4.69, 9.17) is 18.9 Å². The Balaban J connectivity index is 1.68. The van der Waals surface area contributed by atoms with Crippen molar-refractivity contribution in [1.82, 2.24) is 5.32 Å². The first-order valence-electron chi connectivity index (χ1n) is 38.1. The summed E-state index contributed by atoms with van der Waals surface area (Å²) >= 11 is 0. The van der Waals surface area contributed by atoms with Crippen LogP contribution in [-0.4, -0.2) is 140 Å². The normalized spacial score (nSPS) is 23.1. The highest BCUT2D eigenvalue weighted by Crippen LogP contribution is 2.30. The zero-order valence-corrected chi connectivity index (χ0v) is 59.2. The standard InChI is InChI=1S/C80H139NO13/c1-3-5-7-9-11-13-15-17-19-21-23-25-27-29-31-33-34-36-37-39-41-43-45-47-49-51-53-55-57-59-61-63-69(84)68(67-91-79-77(90)75(88)78(71(66-83)93-79)94-80-76(89)74(87)73(86)70(65-82)92-80)81-72(85)64-62-60-58-56-54-52-50-48-46-44-42-40-38-35-32-30-28-26-24-22-20-18-16-14-12-10-8-6-4-2/h6,8,12,14,18,20,24,26,30,32,38,40,44,46,53,55,61,63,68-71,73-80,82-84,86-90H,3-5,7,9-11,13,15-17,19,21-23,25,27-29,31,33-37,39,41-43,45,47-52,54,56-60,62,64-67H2,1-2H3,(H,81,85)/b8-6-,14-12-,20-18-,26-24-,32-30-,40-38-,46-44-,55-53+,63-61+. The predicted octanol–water partition coefficient (Wildman–Crippen LogP) is 16.7. The van der Waals surface area contributed by atoms with Gasteiger partial charge in [-0.15, -0.1) is 0 Å². The van der Waals surface area contributed by atoms with Crippen LogP contribution in [0, 0.1) is 0 Å². The molecule has 2 fully saturated rings. The summed E-state index contributed by atoms with van der Waals surface area (Å²) in [5.41, 5.74) is 0. The molecular formula is C80H139NO13. The number of hydrogen-bond acceptors (Lipinski definition) is 13. The fraction of sp³-hybridized carbons (Fsp3) is 0.762. The van der Waals surface area contributed by atoms with Crippen molar-refractivity contribution in [2.75, 3.05) is 19.8 Å². The van der Waals surface area contributed by atoms with Crippen LogP contribution < -0.4 is 5.32 Å². The van der Waals surface area contributed by atoms with E-state index >= 15 is 0 Å². The van der Waals surface area contributed by atoms with E-state index in [1.54, 1.807) is 6.08 Å². The molecule has 0 bridgehead atoms. The second-order valence-corrected chi connectivity index (χ2v) is 26.4. The highest BCUT2D eigenvalue weighted by Gasteiger charge is 2.51. The van der Waals surface area contributed by atoms with Crippen LogP contribution in [0.3, 0.4) is 0 Å². The van der Waals surface area contributed by atoms with Gasteiger partial charge in [0.25, 0.3) is 0 Å². The average molecular weight is 1320 g/mol. The molecule has 2 saturated heterocycles. The molecule has 12 unspecified atom stereocenters. The zero-order valence-electron chi connectivity index (χ0n) is 59.2. The maximum Gasteiger partial charge on any atom is 0.220 e. The van der Waals surface area contributed by atoms with Gasteiger partial charge in [0.05, 0.1) is 32.0 Å². The maximum atomic E-state index is 13.4. The monoisotopic (exact) mass is 1320 g/mol. The number of hydrogen-bond donors (Lipinski definition) is 9. The van der Waals surface area contributed by atoms with Crippen LogP contribution in [0.2, 0.25) is 0 Å². The molecule has 94 heavy (non-hydrogen) atoms. The highest BCUT2D eigenvalue weighted by molar-refractivity contribution is 5.76. The lowest BCUT2D eigenvalue weighted by molar-refractivity contribution is -0.359. The van der Waals surface area contributed by atoms with Gasteiger partial charge in [0.1, 0.15) is 48.8 Å². The van der Waals surface area contributed by atoms with E-state index in [2.05, 4.69) is 116 Å². The molecule has 2 heterocycles. The van der Waals surface area contributed by atoms with E-state index in [-0.39, 0.29) is 18.9 Å². The molecule has 0 spiro atoms. The molecule has 14 heteroatoms. The van der Waals surface area contributed by atoms with Crippen molar-refractivity contribution >= 4 is 5.91 Å². The molecule has 0 radical (unpaired) electrons. The van der Waals surface area contributed by atoms with Gasteiger partial charge in [0.15, 0.2) is 12.6 Å². The van der Waals surface area contributed by atoms with Gasteiger partial charge >= 0.3 is 0 Å². The van der Waals surface area contributed by atoms with Crippen LogP contribution in [0.4, 0.5) is 0 Å². The number of rotatable bonds is 62. The minimum atomic E-state index is -1.80. The van der Waals surface area contributed by atoms with Crippen molar-refractivity contribution in [2.24, 2.45) is 0 Å². The summed E-state index contributed by atoms with van der Waals surface area (Å²) in [6, 6.07) is -0.948. The van der Waals surface area contributed by atoms with Crippen LogP contribution in [0.25, 0.3) is 0 Å². The number of aliphatic hydroxyl groups excluding tert-OH is 8. The van der Waals surface area contributed by atoms with Gasteiger partial charge in [-0.05, 0) is 89.9 Å². The summed E-state index contributed by atoms with van der Waals surface area (Å²) in [6.07, 6.45) is 74.4. The Kier molecular flexibility index (Phi) is 58.2. The molecular weight excluding hydrogens is 1180 g/mol. The largest absolute Gasteiger partial charge is 0.394 e. The molecule has 0 aromatic rings. The number of unbranched alkanes of at least 4 members (excludes halogenated alkanes) is 33. The molecule has 2 aliphatic heterocycles. The number of ether oxygens (including phenoxy) is 4. The molecule has 2 rings (SSSR count). The fourth-order valence-corrected chi connectivity index (χ4v) is 11.9. The van der Waals surface area contributed by atoms with Gasteiger partial charge in [0, 0.05) is 6.42 Å². The number of aliphatic hydroxyl groups is 8. The van der Waals surface area contributed by atoms with Crippen molar-refractivity contribution in [3.8, 4) is 0 Å². The zero-order chi connectivity index (χ0) is 68.0. The Hall–Kier alpha value is -3.35. The van der Waals surface area contributed by atoms with Gasteiger partial charge in [-0.1, -0.05) is 309 Å². The number of allylic oxidation sites excluding steroid dienone is 17. The Morgan fingerprint density at radius 2 is 0.745 bits per heavy atom. The average Bonchev–Trinajstić information content (AvgIpc) is 0.794. The van der Waals surface area contributed by atoms with Crippen LogP contribution in [-0.2, 0) is 23.7 Å². The minimum absolute atomic E-state index is 0.254. The first-order valence-corrected chi connectivity index (χ1v) is 38.1. The van der Waals surface area contributed by atoms with Crippen LogP contribution >= 0.6 is 0 Å². The molecule has 12 atom stereocenters. The van der Waals surface area contributed by atoms with Gasteiger partial charge < -0.3 is 65.1 Å². The quantitative estimate of drug-likeness (QED) is 0.0204. The summed E-state index contributed by atoms with van der Waals surface area (Å²) in [7, 11) is 0. The Morgan fingerprint density at radius 1 is 0.394 bits per heavy atom. The maximum absolute atomic E-state index is 13.4.